The van der Waals surface area contributed by atoms with Gasteiger partial charge in [0.2, 0.25) is 5.76 Å². The lowest BCUT2D eigenvalue weighted by Crippen LogP contribution is -2.20. The third kappa shape index (κ3) is 2.17. The van der Waals surface area contributed by atoms with E-state index in [0.29, 0.717) is 15.4 Å². The van der Waals surface area contributed by atoms with Gasteiger partial charge in [-0.15, -0.1) is 0 Å². The highest BCUT2D eigenvalue weighted by Crippen LogP contribution is 2.33. The number of benzene rings is 1. The molecule has 1 heterocycles. The Morgan fingerprint density at radius 3 is 2.53 bits per heavy atom. The molecular formula is C12H11BrN2O4. The third-order valence-corrected chi connectivity index (χ3v) is 3.35. The minimum Gasteiger partial charge on any atom is -0.475 e. The summed E-state index contributed by atoms with van der Waals surface area (Å²) in [5, 5.41) is 14.9. The number of halogens is 1. The highest BCUT2D eigenvalue weighted by Gasteiger charge is 2.25. The number of furan rings is 1. The zero-order valence-corrected chi connectivity index (χ0v) is 11.8. The van der Waals surface area contributed by atoms with Crippen molar-refractivity contribution in [3.63, 3.8) is 0 Å². The summed E-state index contributed by atoms with van der Waals surface area (Å²) in [5.74, 6) is -2.15. The Morgan fingerprint density at radius 1 is 1.32 bits per heavy atom. The highest BCUT2D eigenvalue weighted by atomic mass is 79.9. The first-order valence-electron chi connectivity index (χ1n) is 5.38. The molecule has 0 atom stereocenters. The van der Waals surface area contributed by atoms with Crippen molar-refractivity contribution in [3.8, 4) is 0 Å². The minimum absolute atomic E-state index is 0.0216. The number of carbonyl (C=O) groups is 2. The highest BCUT2D eigenvalue weighted by molar-refractivity contribution is 9.10. The Balaban J connectivity index is 2.82. The fourth-order valence-corrected chi connectivity index (χ4v) is 2.35. The van der Waals surface area contributed by atoms with Gasteiger partial charge in [-0.2, -0.15) is 0 Å². The van der Waals surface area contributed by atoms with Crippen LogP contribution in [0.4, 0.5) is 5.69 Å². The van der Waals surface area contributed by atoms with E-state index in [1.807, 2.05) is 0 Å². The maximum atomic E-state index is 11.8. The molecule has 6 nitrogen and oxygen atoms in total. The molecule has 0 fully saturated rings. The number of carboxylic acid groups (broad SMARTS) is 1. The van der Waals surface area contributed by atoms with Crippen LogP contribution in [-0.2, 0) is 0 Å². The average molecular weight is 327 g/mol. The van der Waals surface area contributed by atoms with Crippen molar-refractivity contribution >= 4 is 44.5 Å². The van der Waals surface area contributed by atoms with Crippen LogP contribution in [0.1, 0.15) is 20.9 Å². The fourth-order valence-electron chi connectivity index (χ4n) is 1.81. The summed E-state index contributed by atoms with van der Waals surface area (Å²) >= 11 is 3.35. The molecule has 0 aliphatic heterocycles. The number of hydrogen-bond donors (Lipinski definition) is 3. The quantitative estimate of drug-likeness (QED) is 0.804. The van der Waals surface area contributed by atoms with E-state index >= 15 is 0 Å². The number of amides is 1. The molecule has 0 radical (unpaired) electrons. The number of hydrogen-bond acceptors (Lipinski definition) is 4. The molecule has 0 saturated heterocycles. The van der Waals surface area contributed by atoms with Crippen LogP contribution in [-0.4, -0.2) is 31.1 Å². The van der Waals surface area contributed by atoms with E-state index in [2.05, 4.69) is 26.6 Å². The molecule has 0 aliphatic rings. The first kappa shape index (κ1) is 13.4. The molecule has 0 aliphatic carbocycles. The average Bonchev–Trinajstić information content (AvgIpc) is 2.75. The Kier molecular flexibility index (Phi) is 3.48. The predicted octanol–water partition coefficient (Wildman–Crippen LogP) is 2.29. The van der Waals surface area contributed by atoms with E-state index < -0.39 is 11.9 Å². The lowest BCUT2D eigenvalue weighted by atomic mass is 10.1. The molecule has 100 valence electrons. The minimum atomic E-state index is -1.28. The van der Waals surface area contributed by atoms with Crippen LogP contribution in [0, 0.1) is 0 Å². The van der Waals surface area contributed by atoms with E-state index in [4.69, 9.17) is 9.52 Å². The van der Waals surface area contributed by atoms with Gasteiger partial charge in [0.1, 0.15) is 11.1 Å². The van der Waals surface area contributed by atoms with Crippen molar-refractivity contribution in [2.75, 3.05) is 19.4 Å². The van der Waals surface area contributed by atoms with Gasteiger partial charge < -0.3 is 20.2 Å². The first-order valence-corrected chi connectivity index (χ1v) is 6.18. The van der Waals surface area contributed by atoms with Crippen molar-refractivity contribution in [2.24, 2.45) is 0 Å². The van der Waals surface area contributed by atoms with Gasteiger partial charge in [-0.3, -0.25) is 4.79 Å². The summed E-state index contributed by atoms with van der Waals surface area (Å²) in [6, 6.07) is 3.29. The zero-order chi connectivity index (χ0) is 14.2. The Hall–Kier alpha value is -2.02. The van der Waals surface area contributed by atoms with Gasteiger partial charge >= 0.3 is 5.97 Å². The molecule has 2 rings (SSSR count). The first-order chi connectivity index (χ1) is 8.99. The summed E-state index contributed by atoms with van der Waals surface area (Å²) in [6.45, 7) is 0. The van der Waals surface area contributed by atoms with Crippen LogP contribution in [0.15, 0.2) is 21.0 Å². The Morgan fingerprint density at radius 2 is 2.00 bits per heavy atom. The van der Waals surface area contributed by atoms with Gasteiger partial charge in [0.15, 0.2) is 0 Å². The van der Waals surface area contributed by atoms with Crippen molar-refractivity contribution in [3.05, 3.63) is 27.9 Å². The maximum absolute atomic E-state index is 11.8. The summed E-state index contributed by atoms with van der Waals surface area (Å²) in [7, 11) is 3.16. The molecule has 7 heteroatoms. The zero-order valence-electron chi connectivity index (χ0n) is 10.2. The summed E-state index contributed by atoms with van der Waals surface area (Å²) in [5.41, 5.74) is 1.10. The van der Waals surface area contributed by atoms with Gasteiger partial charge in [-0.25, -0.2) is 4.79 Å². The molecule has 0 unspecified atom stereocenters. The normalized spacial score (nSPS) is 10.5. The Bertz CT molecular complexity index is 678. The summed E-state index contributed by atoms with van der Waals surface area (Å²) < 4.78 is 5.97. The van der Waals surface area contributed by atoms with E-state index in [-0.39, 0.29) is 11.3 Å². The van der Waals surface area contributed by atoms with Gasteiger partial charge in [0, 0.05) is 30.0 Å². The standard InChI is InChI=1S/C12H11BrN2O4/c1-14-7-4-8-5(3-6(7)13)9(11(16)15-2)10(19-8)12(17)18/h3-4,14H,1-2H3,(H,15,16)(H,17,18). The Labute approximate surface area is 116 Å². The van der Waals surface area contributed by atoms with Gasteiger partial charge in [-0.05, 0) is 22.0 Å². The van der Waals surface area contributed by atoms with Crippen molar-refractivity contribution < 1.29 is 19.1 Å². The van der Waals surface area contributed by atoms with Crippen molar-refractivity contribution in [1.82, 2.24) is 5.32 Å². The number of carboxylic acids is 1. The third-order valence-electron chi connectivity index (χ3n) is 2.70. The number of anilines is 1. The molecule has 0 spiro atoms. The molecule has 2 aromatic rings. The van der Waals surface area contributed by atoms with E-state index in [1.54, 1.807) is 19.2 Å². The second-order valence-electron chi connectivity index (χ2n) is 3.77. The largest absolute Gasteiger partial charge is 0.475 e. The molecule has 0 bridgehead atoms. The molecule has 19 heavy (non-hydrogen) atoms. The molecular weight excluding hydrogens is 316 g/mol. The summed E-state index contributed by atoms with van der Waals surface area (Å²) in [4.78, 5) is 23.0. The number of aromatic carboxylic acids is 1. The maximum Gasteiger partial charge on any atom is 0.372 e. The molecule has 1 amide bonds. The monoisotopic (exact) mass is 326 g/mol. The van der Waals surface area contributed by atoms with Crippen LogP contribution >= 0.6 is 15.9 Å². The number of fused-ring (bicyclic) bond motifs is 1. The van der Waals surface area contributed by atoms with E-state index in [1.165, 1.54) is 7.05 Å². The second kappa shape index (κ2) is 4.93. The van der Waals surface area contributed by atoms with Gasteiger partial charge in [0.25, 0.3) is 5.91 Å². The van der Waals surface area contributed by atoms with Gasteiger partial charge in [0.05, 0.1) is 5.69 Å². The fraction of sp³-hybridized carbons (Fsp3) is 0.167. The number of carbonyl (C=O) groups excluding carboxylic acids is 1. The topological polar surface area (TPSA) is 91.6 Å². The van der Waals surface area contributed by atoms with Crippen LogP contribution in [0.25, 0.3) is 11.0 Å². The predicted molar refractivity (Wildman–Crippen MR) is 73.8 cm³/mol. The number of nitrogens with one attached hydrogen (secondary N) is 2. The van der Waals surface area contributed by atoms with Gasteiger partial charge in [-0.1, -0.05) is 0 Å². The summed E-state index contributed by atoms with van der Waals surface area (Å²) in [6.07, 6.45) is 0. The van der Waals surface area contributed by atoms with E-state index in [9.17, 15) is 9.59 Å². The van der Waals surface area contributed by atoms with E-state index in [0.717, 1.165) is 5.69 Å². The molecule has 3 N–H and O–H groups in total. The molecule has 0 saturated carbocycles. The molecule has 1 aromatic heterocycles. The SMILES string of the molecule is CNC(=O)c1c(C(=O)O)oc2cc(NC)c(Br)cc12. The van der Waals surface area contributed by atoms with Crippen LogP contribution < -0.4 is 10.6 Å². The van der Waals surface area contributed by atoms with Crippen LogP contribution in [0.2, 0.25) is 0 Å². The smallest absolute Gasteiger partial charge is 0.372 e. The van der Waals surface area contributed by atoms with Crippen molar-refractivity contribution in [2.45, 2.75) is 0 Å². The van der Waals surface area contributed by atoms with Crippen LogP contribution in [0.5, 0.6) is 0 Å². The second-order valence-corrected chi connectivity index (χ2v) is 4.62. The van der Waals surface area contributed by atoms with Crippen LogP contribution in [0.3, 0.4) is 0 Å². The lowest BCUT2D eigenvalue weighted by molar-refractivity contribution is 0.0658. The number of rotatable bonds is 3. The lowest BCUT2D eigenvalue weighted by Gasteiger charge is -2.03. The molecule has 1 aromatic carbocycles. The van der Waals surface area contributed by atoms with Crippen molar-refractivity contribution in [1.29, 1.82) is 0 Å².